The summed E-state index contributed by atoms with van der Waals surface area (Å²) in [6.07, 6.45) is 1.50. The molecule has 1 aromatic heterocycles. The SMILES string of the molecule is COC(=O)[C@@H](Cn1cc(-c2ccccc2)nn1)N(C)C(=O)[C@H](CC(C)C)N(C)C(=O)OC(C)(C)C. The third kappa shape index (κ3) is 7.80. The van der Waals surface area contributed by atoms with E-state index in [0.717, 1.165) is 5.56 Å². The quantitative estimate of drug-likeness (QED) is 0.500. The second-order valence-electron chi connectivity index (χ2n) is 9.92. The minimum atomic E-state index is -0.973. The molecule has 0 fully saturated rings. The van der Waals surface area contributed by atoms with Crippen LogP contribution in [0.1, 0.15) is 41.0 Å². The first kappa shape index (κ1) is 27.8. The number of methoxy groups -OCH3 is 1. The molecule has 0 bridgehead atoms. The molecule has 2 aromatic rings. The van der Waals surface area contributed by atoms with Gasteiger partial charge in [0.2, 0.25) is 5.91 Å². The van der Waals surface area contributed by atoms with Crippen molar-refractivity contribution >= 4 is 18.0 Å². The van der Waals surface area contributed by atoms with Crippen LogP contribution < -0.4 is 0 Å². The van der Waals surface area contributed by atoms with E-state index in [2.05, 4.69) is 10.3 Å². The smallest absolute Gasteiger partial charge is 0.410 e. The minimum absolute atomic E-state index is 0.0410. The number of nitrogens with zero attached hydrogens (tertiary/aromatic N) is 5. The van der Waals surface area contributed by atoms with Gasteiger partial charge in [0.15, 0.2) is 0 Å². The Balaban J connectivity index is 2.28. The van der Waals surface area contributed by atoms with Crippen molar-refractivity contribution in [2.45, 2.75) is 65.3 Å². The predicted octanol–water partition coefficient (Wildman–Crippen LogP) is 3.23. The van der Waals surface area contributed by atoms with Crippen molar-refractivity contribution in [3.05, 3.63) is 36.5 Å². The molecule has 0 unspecified atom stereocenters. The molecule has 2 atom stereocenters. The van der Waals surface area contributed by atoms with Crippen molar-refractivity contribution in [2.24, 2.45) is 5.92 Å². The van der Waals surface area contributed by atoms with Crippen molar-refractivity contribution in [3.63, 3.8) is 0 Å². The fourth-order valence-corrected chi connectivity index (χ4v) is 3.52. The molecule has 1 heterocycles. The van der Waals surface area contributed by atoms with Gasteiger partial charge in [-0.15, -0.1) is 5.10 Å². The number of aromatic nitrogens is 3. The van der Waals surface area contributed by atoms with Gasteiger partial charge in [-0.2, -0.15) is 0 Å². The molecule has 0 N–H and O–H groups in total. The van der Waals surface area contributed by atoms with Crippen molar-refractivity contribution in [3.8, 4) is 11.3 Å². The number of amides is 2. The van der Waals surface area contributed by atoms with Gasteiger partial charge in [0.25, 0.3) is 0 Å². The van der Waals surface area contributed by atoms with Gasteiger partial charge in [-0.3, -0.25) is 9.69 Å². The summed E-state index contributed by atoms with van der Waals surface area (Å²) in [7, 11) is 4.32. The second-order valence-corrected chi connectivity index (χ2v) is 9.92. The molecule has 0 saturated carbocycles. The lowest BCUT2D eigenvalue weighted by Gasteiger charge is -2.35. The number of esters is 1. The molecule has 1 aromatic carbocycles. The van der Waals surface area contributed by atoms with Gasteiger partial charge >= 0.3 is 12.1 Å². The van der Waals surface area contributed by atoms with E-state index in [9.17, 15) is 14.4 Å². The Morgan fingerprint density at radius 2 is 1.66 bits per heavy atom. The number of benzene rings is 1. The Morgan fingerprint density at radius 1 is 1.03 bits per heavy atom. The molecule has 192 valence electrons. The maximum atomic E-state index is 13.6. The maximum Gasteiger partial charge on any atom is 0.410 e. The van der Waals surface area contributed by atoms with Crippen LogP contribution in [-0.4, -0.2) is 81.7 Å². The highest BCUT2D eigenvalue weighted by atomic mass is 16.6. The van der Waals surface area contributed by atoms with Gasteiger partial charge in [-0.25, -0.2) is 14.3 Å². The Kier molecular flexibility index (Phi) is 9.39. The number of carbonyl (C=O) groups is 3. The molecule has 10 heteroatoms. The minimum Gasteiger partial charge on any atom is -0.467 e. The highest BCUT2D eigenvalue weighted by Gasteiger charge is 2.37. The molecule has 2 amide bonds. The molecule has 0 aliphatic carbocycles. The highest BCUT2D eigenvalue weighted by Crippen LogP contribution is 2.19. The van der Waals surface area contributed by atoms with Gasteiger partial charge in [-0.1, -0.05) is 49.4 Å². The molecule has 2 rings (SSSR count). The van der Waals surface area contributed by atoms with Crippen LogP contribution in [0.15, 0.2) is 36.5 Å². The second kappa shape index (κ2) is 11.8. The van der Waals surface area contributed by atoms with Crippen molar-refractivity contribution in [2.75, 3.05) is 21.2 Å². The lowest BCUT2D eigenvalue weighted by Crippen LogP contribution is -2.55. The first-order valence-electron chi connectivity index (χ1n) is 11.6. The molecule has 0 saturated heterocycles. The van der Waals surface area contributed by atoms with Crippen LogP contribution in [-0.2, 0) is 25.6 Å². The number of carbonyl (C=O) groups excluding carboxylic acids is 3. The standard InChI is InChI=1S/C25H37N5O5/c1-17(2)14-20(29(7)24(33)35-25(3,4)5)22(31)28(6)21(23(32)34-8)16-30-15-19(26-27-30)18-12-10-9-11-13-18/h9-13,15,17,20-21H,14,16H2,1-8H3/t20-,21+/m0/s1. The van der Waals surface area contributed by atoms with Crippen LogP contribution in [0.3, 0.4) is 0 Å². The molecule has 0 aliphatic rings. The van der Waals surface area contributed by atoms with E-state index in [0.29, 0.717) is 12.1 Å². The number of rotatable bonds is 9. The largest absolute Gasteiger partial charge is 0.467 e. The van der Waals surface area contributed by atoms with Crippen LogP contribution in [0.25, 0.3) is 11.3 Å². The van der Waals surface area contributed by atoms with Gasteiger partial charge in [0, 0.05) is 19.7 Å². The van der Waals surface area contributed by atoms with Crippen LogP contribution in [0, 0.1) is 5.92 Å². The third-order valence-corrected chi connectivity index (χ3v) is 5.39. The van der Waals surface area contributed by atoms with E-state index in [1.165, 1.54) is 35.7 Å². The number of hydrogen-bond donors (Lipinski definition) is 0. The molecule has 0 radical (unpaired) electrons. The average molecular weight is 488 g/mol. The fourth-order valence-electron chi connectivity index (χ4n) is 3.52. The Morgan fingerprint density at radius 3 is 2.20 bits per heavy atom. The van der Waals surface area contributed by atoms with Gasteiger partial charge in [0.1, 0.15) is 23.4 Å². The summed E-state index contributed by atoms with van der Waals surface area (Å²) in [4.78, 5) is 41.6. The maximum absolute atomic E-state index is 13.6. The normalized spacial score (nSPS) is 13.2. The Hall–Kier alpha value is -3.43. The fraction of sp³-hybridized carbons (Fsp3) is 0.560. The van der Waals surface area contributed by atoms with Crippen LogP contribution >= 0.6 is 0 Å². The topological polar surface area (TPSA) is 107 Å². The number of likely N-dealkylation sites (N-methyl/N-ethyl adjacent to an activating group) is 2. The predicted molar refractivity (Wildman–Crippen MR) is 131 cm³/mol. The monoisotopic (exact) mass is 487 g/mol. The third-order valence-electron chi connectivity index (χ3n) is 5.39. The first-order valence-corrected chi connectivity index (χ1v) is 11.6. The summed E-state index contributed by atoms with van der Waals surface area (Å²) in [5.74, 6) is -0.880. The lowest BCUT2D eigenvalue weighted by atomic mass is 10.0. The van der Waals surface area contributed by atoms with E-state index < -0.39 is 35.7 Å². The van der Waals surface area contributed by atoms with Crippen molar-refractivity contribution in [1.29, 1.82) is 0 Å². The van der Waals surface area contributed by atoms with E-state index in [-0.39, 0.29) is 12.5 Å². The first-order chi connectivity index (χ1) is 16.3. The van der Waals surface area contributed by atoms with Crippen molar-refractivity contribution < 1.29 is 23.9 Å². The van der Waals surface area contributed by atoms with Crippen LogP contribution in [0.4, 0.5) is 4.79 Å². The summed E-state index contributed by atoms with van der Waals surface area (Å²) in [5.41, 5.74) is 0.820. The van der Waals surface area contributed by atoms with Crippen LogP contribution in [0.5, 0.6) is 0 Å². The Labute approximate surface area is 207 Å². The van der Waals surface area contributed by atoms with Crippen LogP contribution in [0.2, 0.25) is 0 Å². The summed E-state index contributed by atoms with van der Waals surface area (Å²) in [5, 5.41) is 8.30. The average Bonchev–Trinajstić information content (AvgIpc) is 3.27. The van der Waals surface area contributed by atoms with E-state index in [4.69, 9.17) is 9.47 Å². The van der Waals surface area contributed by atoms with Gasteiger partial charge in [0.05, 0.1) is 19.9 Å². The molecular formula is C25H37N5O5. The highest BCUT2D eigenvalue weighted by molar-refractivity contribution is 5.89. The molecule has 35 heavy (non-hydrogen) atoms. The summed E-state index contributed by atoms with van der Waals surface area (Å²) in [6.45, 7) is 9.25. The lowest BCUT2D eigenvalue weighted by molar-refractivity contribution is -0.154. The molecular weight excluding hydrogens is 450 g/mol. The summed E-state index contributed by atoms with van der Waals surface area (Å²) < 4.78 is 11.9. The zero-order valence-electron chi connectivity index (χ0n) is 21.9. The summed E-state index contributed by atoms with van der Waals surface area (Å²) in [6, 6.07) is 7.72. The number of ether oxygens (including phenoxy) is 2. The van der Waals surface area contributed by atoms with E-state index >= 15 is 0 Å². The molecule has 0 spiro atoms. The van der Waals surface area contributed by atoms with Crippen molar-refractivity contribution in [1.82, 2.24) is 24.8 Å². The van der Waals surface area contributed by atoms with Gasteiger partial charge in [-0.05, 0) is 33.1 Å². The zero-order chi connectivity index (χ0) is 26.3. The van der Waals surface area contributed by atoms with Gasteiger partial charge < -0.3 is 14.4 Å². The summed E-state index contributed by atoms with van der Waals surface area (Å²) >= 11 is 0. The zero-order valence-corrected chi connectivity index (χ0v) is 21.9. The molecule has 10 nitrogen and oxygen atoms in total. The molecule has 0 aliphatic heterocycles. The Bertz CT molecular complexity index is 999. The number of hydrogen-bond acceptors (Lipinski definition) is 7. The van der Waals surface area contributed by atoms with E-state index in [1.807, 2.05) is 44.2 Å². The van der Waals surface area contributed by atoms with E-state index in [1.54, 1.807) is 27.0 Å².